The smallest absolute Gasteiger partial charge is 0.0309 e. The average Bonchev–Trinajstić information content (AvgIpc) is 3.20. The van der Waals surface area contributed by atoms with Gasteiger partial charge in [0.2, 0.25) is 0 Å². The van der Waals surface area contributed by atoms with Gasteiger partial charge in [-0.1, -0.05) is 33.1 Å². The lowest BCUT2D eigenvalue weighted by molar-refractivity contribution is 0.0386. The zero-order valence-corrected chi connectivity index (χ0v) is 13.0. The summed E-state index contributed by atoms with van der Waals surface area (Å²) in [6.45, 7) is 8.70. The summed E-state index contributed by atoms with van der Waals surface area (Å²) in [5.74, 6) is 0. The molecule has 2 saturated carbocycles. The van der Waals surface area contributed by atoms with Gasteiger partial charge in [0, 0.05) is 31.2 Å². The standard InChI is InChI=1S/C17H32N2/c1-3-15-12-18-17(8-6-5-7-9-17)14-19(15)13-16(4-2)10-11-16/h15,18H,3-14H2,1-2H3. The van der Waals surface area contributed by atoms with Gasteiger partial charge in [-0.25, -0.2) is 0 Å². The Balaban J connectivity index is 1.67. The molecule has 1 aliphatic heterocycles. The van der Waals surface area contributed by atoms with Crippen LogP contribution in [0.4, 0.5) is 0 Å². The first-order valence-corrected chi connectivity index (χ1v) is 8.70. The Hall–Kier alpha value is -0.0800. The van der Waals surface area contributed by atoms with Crippen LogP contribution in [0.2, 0.25) is 0 Å². The van der Waals surface area contributed by atoms with E-state index in [-0.39, 0.29) is 0 Å². The molecule has 3 fully saturated rings. The molecule has 2 heteroatoms. The Labute approximate surface area is 119 Å². The molecular weight excluding hydrogens is 232 g/mol. The van der Waals surface area contributed by atoms with Gasteiger partial charge in [0.05, 0.1) is 0 Å². The van der Waals surface area contributed by atoms with Crippen LogP contribution in [0.15, 0.2) is 0 Å². The third-order valence-corrected chi connectivity index (χ3v) is 6.26. The van der Waals surface area contributed by atoms with Gasteiger partial charge >= 0.3 is 0 Å². The number of rotatable bonds is 4. The molecule has 19 heavy (non-hydrogen) atoms. The fraction of sp³-hybridized carbons (Fsp3) is 1.00. The second-order valence-corrected chi connectivity index (χ2v) is 7.54. The van der Waals surface area contributed by atoms with Crippen molar-refractivity contribution in [3.8, 4) is 0 Å². The minimum atomic E-state index is 0.480. The lowest BCUT2D eigenvalue weighted by Crippen LogP contribution is -2.65. The second kappa shape index (κ2) is 5.37. The van der Waals surface area contributed by atoms with E-state index in [2.05, 4.69) is 24.1 Å². The Kier molecular flexibility index (Phi) is 3.92. The Morgan fingerprint density at radius 3 is 2.37 bits per heavy atom. The van der Waals surface area contributed by atoms with Gasteiger partial charge < -0.3 is 5.32 Å². The third kappa shape index (κ3) is 2.85. The molecular formula is C17H32N2. The summed E-state index contributed by atoms with van der Waals surface area (Å²) >= 11 is 0. The Morgan fingerprint density at radius 2 is 1.79 bits per heavy atom. The highest BCUT2D eigenvalue weighted by atomic mass is 15.3. The molecule has 1 heterocycles. The van der Waals surface area contributed by atoms with Crippen LogP contribution in [0, 0.1) is 5.41 Å². The van der Waals surface area contributed by atoms with E-state index < -0.39 is 0 Å². The minimum Gasteiger partial charge on any atom is -0.308 e. The van der Waals surface area contributed by atoms with Crippen molar-refractivity contribution in [1.82, 2.24) is 10.2 Å². The molecule has 0 aromatic carbocycles. The molecule has 3 rings (SSSR count). The van der Waals surface area contributed by atoms with Crippen LogP contribution in [-0.2, 0) is 0 Å². The van der Waals surface area contributed by atoms with Crippen LogP contribution in [0.25, 0.3) is 0 Å². The summed E-state index contributed by atoms with van der Waals surface area (Å²) in [4.78, 5) is 2.87. The van der Waals surface area contributed by atoms with Crippen LogP contribution in [0.1, 0.15) is 71.6 Å². The van der Waals surface area contributed by atoms with Crippen molar-refractivity contribution in [2.45, 2.75) is 83.2 Å². The van der Waals surface area contributed by atoms with Gasteiger partial charge in [-0.2, -0.15) is 0 Å². The molecule has 0 aromatic rings. The quantitative estimate of drug-likeness (QED) is 0.835. The van der Waals surface area contributed by atoms with Gasteiger partial charge in [-0.3, -0.25) is 4.90 Å². The molecule has 3 aliphatic rings. The monoisotopic (exact) mass is 264 g/mol. The molecule has 0 radical (unpaired) electrons. The van der Waals surface area contributed by atoms with E-state index in [0.29, 0.717) is 11.0 Å². The van der Waals surface area contributed by atoms with E-state index in [1.165, 1.54) is 77.4 Å². The van der Waals surface area contributed by atoms with Crippen LogP contribution in [0.5, 0.6) is 0 Å². The molecule has 0 bridgehead atoms. The molecule has 1 saturated heterocycles. The predicted octanol–water partition coefficient (Wildman–Crippen LogP) is 3.56. The highest BCUT2D eigenvalue weighted by Crippen LogP contribution is 2.50. The van der Waals surface area contributed by atoms with Gasteiger partial charge in [0.1, 0.15) is 0 Å². The first-order chi connectivity index (χ1) is 9.21. The van der Waals surface area contributed by atoms with E-state index in [9.17, 15) is 0 Å². The lowest BCUT2D eigenvalue weighted by atomic mass is 9.79. The zero-order chi connectivity index (χ0) is 13.3. The topological polar surface area (TPSA) is 15.3 Å². The highest BCUT2D eigenvalue weighted by molar-refractivity contribution is 5.03. The van der Waals surface area contributed by atoms with E-state index in [4.69, 9.17) is 0 Å². The fourth-order valence-corrected chi connectivity index (χ4v) is 4.42. The first-order valence-electron chi connectivity index (χ1n) is 8.70. The lowest BCUT2D eigenvalue weighted by Gasteiger charge is -2.50. The largest absolute Gasteiger partial charge is 0.308 e. The summed E-state index contributed by atoms with van der Waals surface area (Å²) in [6.07, 6.45) is 12.8. The SMILES string of the molecule is CCC1CNC2(CCCCC2)CN1CC1(CC)CC1. The molecule has 0 aromatic heterocycles. The number of hydrogen-bond donors (Lipinski definition) is 1. The van der Waals surface area contributed by atoms with Crippen molar-refractivity contribution in [2.24, 2.45) is 5.41 Å². The normalized spacial score (nSPS) is 33.5. The van der Waals surface area contributed by atoms with E-state index in [1.807, 2.05) is 0 Å². The molecule has 110 valence electrons. The zero-order valence-electron chi connectivity index (χ0n) is 13.0. The average molecular weight is 264 g/mol. The summed E-state index contributed by atoms with van der Waals surface area (Å²) in [6, 6.07) is 0.788. The molecule has 1 atom stereocenters. The summed E-state index contributed by atoms with van der Waals surface area (Å²) in [5.41, 5.74) is 1.19. The van der Waals surface area contributed by atoms with Crippen molar-refractivity contribution in [3.05, 3.63) is 0 Å². The van der Waals surface area contributed by atoms with Crippen LogP contribution in [0.3, 0.4) is 0 Å². The van der Waals surface area contributed by atoms with E-state index >= 15 is 0 Å². The number of nitrogens with one attached hydrogen (secondary N) is 1. The molecule has 2 nitrogen and oxygen atoms in total. The number of piperazine rings is 1. The molecule has 1 N–H and O–H groups in total. The molecule has 1 unspecified atom stereocenters. The first kappa shape index (κ1) is 13.9. The molecule has 1 spiro atoms. The van der Waals surface area contributed by atoms with Crippen molar-refractivity contribution in [2.75, 3.05) is 19.6 Å². The number of nitrogens with zero attached hydrogens (tertiary/aromatic N) is 1. The summed E-state index contributed by atoms with van der Waals surface area (Å²) in [7, 11) is 0. The van der Waals surface area contributed by atoms with Gasteiger partial charge in [0.25, 0.3) is 0 Å². The van der Waals surface area contributed by atoms with Crippen molar-refractivity contribution < 1.29 is 0 Å². The summed E-state index contributed by atoms with van der Waals surface area (Å²) < 4.78 is 0. The van der Waals surface area contributed by atoms with Crippen molar-refractivity contribution in [3.63, 3.8) is 0 Å². The van der Waals surface area contributed by atoms with Crippen LogP contribution in [-0.4, -0.2) is 36.1 Å². The van der Waals surface area contributed by atoms with Gasteiger partial charge in [-0.05, 0) is 43.9 Å². The predicted molar refractivity (Wildman–Crippen MR) is 81.4 cm³/mol. The van der Waals surface area contributed by atoms with Gasteiger partial charge in [-0.15, -0.1) is 0 Å². The van der Waals surface area contributed by atoms with Crippen LogP contribution >= 0.6 is 0 Å². The van der Waals surface area contributed by atoms with E-state index in [0.717, 1.165) is 6.04 Å². The second-order valence-electron chi connectivity index (χ2n) is 7.54. The van der Waals surface area contributed by atoms with Crippen molar-refractivity contribution in [1.29, 1.82) is 0 Å². The Morgan fingerprint density at radius 1 is 1.05 bits per heavy atom. The maximum absolute atomic E-state index is 3.95. The maximum Gasteiger partial charge on any atom is 0.0309 e. The van der Waals surface area contributed by atoms with E-state index in [1.54, 1.807) is 0 Å². The molecule has 0 amide bonds. The van der Waals surface area contributed by atoms with Crippen LogP contribution < -0.4 is 5.32 Å². The van der Waals surface area contributed by atoms with Crippen molar-refractivity contribution >= 4 is 0 Å². The fourth-order valence-electron chi connectivity index (χ4n) is 4.42. The number of hydrogen-bond acceptors (Lipinski definition) is 2. The molecule has 2 aliphatic carbocycles. The highest BCUT2D eigenvalue weighted by Gasteiger charge is 2.46. The minimum absolute atomic E-state index is 0.480. The maximum atomic E-state index is 3.95. The third-order valence-electron chi connectivity index (χ3n) is 6.26. The summed E-state index contributed by atoms with van der Waals surface area (Å²) in [5, 5.41) is 3.95. The van der Waals surface area contributed by atoms with Gasteiger partial charge in [0.15, 0.2) is 0 Å². The Bertz CT molecular complexity index is 302.